The van der Waals surface area contributed by atoms with Crippen LogP contribution in [0.25, 0.3) is 166 Å². The third-order valence-corrected chi connectivity index (χ3v) is 20.6. The van der Waals surface area contributed by atoms with Gasteiger partial charge in [-0.1, -0.05) is 283 Å². The van der Waals surface area contributed by atoms with Crippen LogP contribution in [-0.2, 0) is 10.8 Å². The van der Waals surface area contributed by atoms with Crippen molar-refractivity contribution in [2.45, 2.75) is 66.2 Å². The van der Waals surface area contributed by atoms with E-state index in [1.54, 1.807) is 0 Å². The molecular weight excluding hydrogens is 1180 g/mol. The van der Waals surface area contributed by atoms with Crippen molar-refractivity contribution in [3.05, 3.63) is 338 Å². The zero-order valence-electron chi connectivity index (χ0n) is 56.9. The van der Waals surface area contributed by atoms with E-state index in [0.29, 0.717) is 0 Å². The molecule has 0 aliphatic carbocycles. The largest absolute Gasteiger partial charge is 0.309 e. The number of rotatable bonds is 10. The van der Waals surface area contributed by atoms with E-state index < -0.39 is 0 Å². The molecule has 2 heteroatoms. The van der Waals surface area contributed by atoms with Gasteiger partial charge in [-0.3, -0.25) is 0 Å². The second-order valence-corrected chi connectivity index (χ2v) is 29.1. The lowest BCUT2D eigenvalue weighted by Crippen LogP contribution is -2.10. The van der Waals surface area contributed by atoms with Crippen LogP contribution in [0, 0.1) is 13.8 Å². The molecule has 0 unspecified atom stereocenters. The lowest BCUT2D eigenvalue weighted by Gasteiger charge is -2.20. The Morgan fingerprint density at radius 3 is 0.796 bits per heavy atom. The minimum absolute atomic E-state index is 0.0296. The van der Waals surface area contributed by atoms with Gasteiger partial charge >= 0.3 is 0 Å². The Labute approximate surface area is 575 Å². The molecule has 0 amide bonds. The topological polar surface area (TPSA) is 9.86 Å². The summed E-state index contributed by atoms with van der Waals surface area (Å²) in [4.78, 5) is 0. The third-order valence-electron chi connectivity index (χ3n) is 20.6. The normalized spacial score (nSPS) is 12.1. The molecule has 0 radical (unpaired) electrons. The van der Waals surface area contributed by atoms with Crippen LogP contribution in [0.5, 0.6) is 0 Å². The van der Waals surface area contributed by atoms with Crippen molar-refractivity contribution >= 4 is 65.2 Å². The molecule has 2 heterocycles. The van der Waals surface area contributed by atoms with E-state index >= 15 is 0 Å². The third kappa shape index (κ3) is 10.7. The minimum Gasteiger partial charge on any atom is -0.309 e. The predicted octanol–water partition coefficient (Wildman–Crippen LogP) is 26.7. The molecule has 0 fully saturated rings. The summed E-state index contributed by atoms with van der Waals surface area (Å²) in [6, 6.07) is 119. The van der Waals surface area contributed by atoms with E-state index in [1.807, 2.05) is 0 Å². The lowest BCUT2D eigenvalue weighted by molar-refractivity contribution is 0.591. The van der Waals surface area contributed by atoms with Gasteiger partial charge < -0.3 is 9.13 Å². The second-order valence-electron chi connectivity index (χ2n) is 29.1. The standard InChI is InChI=1S/C96H76N2/c1-61-17-15-19-71(53-61)75-41-47-81-87(57-75)93(69-37-33-65(34-38-69)63-25-29-67(30-26-63)73-43-49-89-83(55-73)85-59-77(95(3,4)5)45-51-91(85)97(89)79-21-11-9-12-22-79)82-48-42-76(72-20-16-18-62(2)54-72)58-88(82)94(81)70-39-35-66(36-40-70)64-27-31-68(32-28-64)74-44-50-90-84(56-74)86-60-78(96(6,7)8)46-52-92(86)98(90)80-23-13-10-14-24-80/h9-60H,1-8H3. The molecule has 0 aliphatic heterocycles. The van der Waals surface area contributed by atoms with Crippen LogP contribution in [-0.4, -0.2) is 9.13 Å². The van der Waals surface area contributed by atoms with Gasteiger partial charge in [0.05, 0.1) is 22.1 Å². The first-order valence-electron chi connectivity index (χ1n) is 34.5. The molecule has 15 aromatic carbocycles. The van der Waals surface area contributed by atoms with Gasteiger partial charge in [-0.25, -0.2) is 0 Å². The molecule has 17 aromatic rings. The number of aryl methyl sites for hydroxylation is 2. The highest BCUT2D eigenvalue weighted by Gasteiger charge is 2.23. The monoisotopic (exact) mass is 1260 g/mol. The molecule has 98 heavy (non-hydrogen) atoms. The van der Waals surface area contributed by atoms with Gasteiger partial charge in [0, 0.05) is 32.9 Å². The summed E-state index contributed by atoms with van der Waals surface area (Å²) >= 11 is 0. The quantitative estimate of drug-likeness (QED) is 0.121. The molecule has 2 nitrogen and oxygen atoms in total. The molecule has 0 bridgehead atoms. The van der Waals surface area contributed by atoms with Gasteiger partial charge in [0.25, 0.3) is 0 Å². The number of hydrogen-bond donors (Lipinski definition) is 0. The molecule has 0 saturated heterocycles. The molecule has 0 aliphatic rings. The fourth-order valence-electron chi connectivity index (χ4n) is 15.3. The zero-order chi connectivity index (χ0) is 66.6. The Morgan fingerprint density at radius 2 is 0.459 bits per heavy atom. The molecular formula is C96H76N2. The number of para-hydroxylation sites is 2. The van der Waals surface area contributed by atoms with E-state index in [0.717, 1.165) is 0 Å². The first kappa shape index (κ1) is 60.1. The fourth-order valence-corrected chi connectivity index (χ4v) is 15.3. The molecule has 2 aromatic heterocycles. The first-order chi connectivity index (χ1) is 47.6. The molecule has 0 spiro atoms. The Morgan fingerprint density at radius 1 is 0.194 bits per heavy atom. The van der Waals surface area contributed by atoms with Crippen molar-refractivity contribution < 1.29 is 0 Å². The summed E-state index contributed by atoms with van der Waals surface area (Å²) in [5, 5.41) is 9.97. The SMILES string of the molecule is Cc1cccc(-c2ccc3c(-c4ccc(-c5ccc(-c6ccc7c(c6)c6cc(C(C)(C)C)ccc6n7-c6ccccc6)cc5)cc4)c4cc(-c5cccc(C)c5)ccc4c(-c4ccc(-c5ccc(-c6ccc7c(c6)c6cc(C(C)(C)C)ccc6n7-c6ccccc6)cc5)cc4)c3c2)c1. The van der Waals surface area contributed by atoms with Gasteiger partial charge in [0.15, 0.2) is 0 Å². The average molecular weight is 1260 g/mol. The average Bonchev–Trinajstić information content (AvgIpc) is 1.42. The summed E-state index contributed by atoms with van der Waals surface area (Å²) in [7, 11) is 0. The first-order valence-corrected chi connectivity index (χ1v) is 34.5. The van der Waals surface area contributed by atoms with E-state index in [4.69, 9.17) is 0 Å². The van der Waals surface area contributed by atoms with E-state index in [-0.39, 0.29) is 10.8 Å². The van der Waals surface area contributed by atoms with Crippen LogP contribution < -0.4 is 0 Å². The lowest BCUT2D eigenvalue weighted by atomic mass is 9.83. The van der Waals surface area contributed by atoms with Gasteiger partial charge in [0.1, 0.15) is 0 Å². The molecule has 0 N–H and O–H groups in total. The van der Waals surface area contributed by atoms with Crippen LogP contribution in [0.15, 0.2) is 315 Å². The highest BCUT2D eigenvalue weighted by atomic mass is 15.0. The summed E-state index contributed by atoms with van der Waals surface area (Å²) < 4.78 is 4.82. The Kier molecular flexibility index (Phi) is 14.5. The Balaban J connectivity index is 0.743. The molecule has 17 rings (SSSR count). The van der Waals surface area contributed by atoms with Crippen molar-refractivity contribution in [1.82, 2.24) is 9.13 Å². The maximum Gasteiger partial charge on any atom is 0.0541 e. The number of nitrogens with zero attached hydrogens (tertiary/aromatic N) is 2. The van der Waals surface area contributed by atoms with E-state index in [9.17, 15) is 0 Å². The number of hydrogen-bond acceptors (Lipinski definition) is 0. The Bertz CT molecular complexity index is 5580. The van der Waals surface area contributed by atoms with E-state index in [1.165, 1.54) is 188 Å². The minimum atomic E-state index is 0.0296. The number of fused-ring (bicyclic) bond motifs is 8. The van der Waals surface area contributed by atoms with Gasteiger partial charge in [-0.2, -0.15) is 0 Å². The molecule has 0 atom stereocenters. The fraction of sp³-hybridized carbons (Fsp3) is 0.104. The van der Waals surface area contributed by atoms with Crippen LogP contribution in [0.4, 0.5) is 0 Å². The van der Waals surface area contributed by atoms with Crippen molar-refractivity contribution in [2.75, 3.05) is 0 Å². The van der Waals surface area contributed by atoms with E-state index in [2.05, 4.69) is 380 Å². The van der Waals surface area contributed by atoms with Crippen LogP contribution in [0.2, 0.25) is 0 Å². The van der Waals surface area contributed by atoms with Crippen molar-refractivity contribution in [3.8, 4) is 100 Å². The Hall–Kier alpha value is -11.6. The molecule has 470 valence electrons. The summed E-state index contributed by atoms with van der Waals surface area (Å²) in [6.07, 6.45) is 0. The predicted molar refractivity (Wildman–Crippen MR) is 420 cm³/mol. The number of aromatic nitrogens is 2. The summed E-state index contributed by atoms with van der Waals surface area (Å²) in [5.74, 6) is 0. The number of benzene rings is 15. The van der Waals surface area contributed by atoms with Crippen LogP contribution in [0.3, 0.4) is 0 Å². The molecule has 0 saturated carbocycles. The van der Waals surface area contributed by atoms with Crippen molar-refractivity contribution in [2.24, 2.45) is 0 Å². The summed E-state index contributed by atoms with van der Waals surface area (Å²) in [6.45, 7) is 18.2. The van der Waals surface area contributed by atoms with Gasteiger partial charge in [-0.05, 0) is 231 Å². The van der Waals surface area contributed by atoms with Gasteiger partial charge in [-0.15, -0.1) is 0 Å². The second kappa shape index (κ2) is 23.7. The smallest absolute Gasteiger partial charge is 0.0541 e. The van der Waals surface area contributed by atoms with Crippen LogP contribution in [0.1, 0.15) is 63.8 Å². The van der Waals surface area contributed by atoms with Gasteiger partial charge in [0.2, 0.25) is 0 Å². The summed E-state index contributed by atoms with van der Waals surface area (Å²) in [5.41, 5.74) is 31.6. The van der Waals surface area contributed by atoms with Crippen molar-refractivity contribution in [3.63, 3.8) is 0 Å². The van der Waals surface area contributed by atoms with Crippen molar-refractivity contribution in [1.29, 1.82) is 0 Å². The maximum atomic E-state index is 2.45. The highest BCUT2D eigenvalue weighted by molar-refractivity contribution is 6.23. The maximum absolute atomic E-state index is 2.45. The van der Waals surface area contributed by atoms with Crippen LogP contribution >= 0.6 is 0 Å². The highest BCUT2D eigenvalue weighted by Crippen LogP contribution is 2.48. The zero-order valence-corrected chi connectivity index (χ0v) is 56.9.